The fraction of sp³-hybridized carbons (Fsp3) is 0.600. The molecule has 0 aromatic heterocycles. The third kappa shape index (κ3) is 6.77. The molecule has 0 fully saturated rings. The molecule has 140 valence electrons. The van der Waals surface area contributed by atoms with Gasteiger partial charge in [-0.25, -0.2) is 4.79 Å². The van der Waals surface area contributed by atoms with Crippen molar-refractivity contribution in [3.05, 3.63) is 29.8 Å². The van der Waals surface area contributed by atoms with Gasteiger partial charge in [-0.2, -0.15) is 0 Å². The lowest BCUT2D eigenvalue weighted by molar-refractivity contribution is -0.146. The minimum absolute atomic E-state index is 0.0882. The van der Waals surface area contributed by atoms with E-state index in [2.05, 4.69) is 5.32 Å². The van der Waals surface area contributed by atoms with E-state index in [0.29, 0.717) is 17.7 Å². The molecule has 25 heavy (non-hydrogen) atoms. The zero-order valence-electron chi connectivity index (χ0n) is 18.7. The first-order valence-electron chi connectivity index (χ1n) is 10.0. The molecule has 0 unspecified atom stereocenters. The van der Waals surface area contributed by atoms with Gasteiger partial charge in [0.05, 0.1) is 13.7 Å². The van der Waals surface area contributed by atoms with Crippen molar-refractivity contribution in [2.24, 2.45) is 11.3 Å². The third-order valence-corrected chi connectivity index (χ3v) is 3.70. The average Bonchev–Trinajstić information content (AvgIpc) is 2.61. The van der Waals surface area contributed by atoms with Crippen LogP contribution >= 0.6 is 0 Å². The van der Waals surface area contributed by atoms with Crippen molar-refractivity contribution < 1.29 is 23.2 Å². The number of nitrogens with one attached hydrogen (secondary N) is 1. The topological polar surface area (TPSA) is 64.6 Å². The quantitative estimate of drug-likeness (QED) is 0.721. The summed E-state index contributed by atoms with van der Waals surface area (Å²) < 4.78 is 33.2. The highest BCUT2D eigenvalue weighted by Gasteiger charge is 2.29. The second-order valence-corrected chi connectivity index (χ2v) is 7.05. The van der Waals surface area contributed by atoms with E-state index in [9.17, 15) is 9.59 Å². The fourth-order valence-corrected chi connectivity index (χ4v) is 2.13. The molecule has 1 aromatic carbocycles. The van der Waals surface area contributed by atoms with Gasteiger partial charge in [0.1, 0.15) is 5.75 Å². The lowest BCUT2D eigenvalue weighted by atomic mass is 9.94. The van der Waals surface area contributed by atoms with Crippen LogP contribution < -0.4 is 10.1 Å². The Morgan fingerprint density at radius 1 is 1.24 bits per heavy atom. The van der Waals surface area contributed by atoms with E-state index in [1.807, 2.05) is 6.92 Å². The molecule has 0 bridgehead atoms. The molecule has 1 amide bonds. The first kappa shape index (κ1) is 16.4. The summed E-state index contributed by atoms with van der Waals surface area (Å²) in [6, 6.07) is 5.68. The van der Waals surface area contributed by atoms with Gasteiger partial charge in [0, 0.05) is 9.53 Å². The van der Waals surface area contributed by atoms with Crippen LogP contribution in [-0.4, -0.2) is 25.6 Å². The molecule has 0 aliphatic rings. The Labute approximate surface area is 155 Å². The van der Waals surface area contributed by atoms with Gasteiger partial charge >= 0.3 is 5.97 Å². The highest BCUT2D eigenvalue weighted by Crippen LogP contribution is 2.22. The van der Waals surface area contributed by atoms with Crippen LogP contribution in [0.1, 0.15) is 63.1 Å². The summed E-state index contributed by atoms with van der Waals surface area (Å²) >= 11 is 0. The second-order valence-electron chi connectivity index (χ2n) is 7.05. The van der Waals surface area contributed by atoms with Crippen molar-refractivity contribution in [3.8, 4) is 5.75 Å². The fourth-order valence-electron chi connectivity index (χ4n) is 2.13. The molecule has 0 radical (unpaired) electrons. The summed E-state index contributed by atoms with van der Waals surface area (Å²) in [6.07, 6.45) is 1.32. The molecule has 5 heteroatoms. The van der Waals surface area contributed by atoms with E-state index in [1.54, 1.807) is 45.0 Å². The molecule has 0 heterocycles. The van der Waals surface area contributed by atoms with Crippen molar-refractivity contribution in [1.29, 1.82) is 0 Å². The molecule has 2 atom stereocenters. The molecule has 0 saturated carbocycles. The van der Waals surface area contributed by atoms with E-state index in [-0.39, 0.29) is 12.5 Å². The van der Waals surface area contributed by atoms with Gasteiger partial charge in [-0.05, 0) is 30.0 Å². The Hall–Kier alpha value is -2.04. The van der Waals surface area contributed by atoms with Gasteiger partial charge in [0.25, 0.3) is 0 Å². The second kappa shape index (κ2) is 9.44. The van der Waals surface area contributed by atoms with Gasteiger partial charge in [-0.15, -0.1) is 0 Å². The predicted octanol–water partition coefficient (Wildman–Crippen LogP) is 3.88. The van der Waals surface area contributed by atoms with Gasteiger partial charge in [-0.1, -0.05) is 53.1 Å². The SMILES string of the molecule is [2H]C([2H])([2H])[C@@H](CCC)COc1ccc([C@@H](NC(=O)C(C)(C)C)C(=O)OC)cc1. The summed E-state index contributed by atoms with van der Waals surface area (Å²) in [4.78, 5) is 24.4. The maximum absolute atomic E-state index is 12.3. The number of hydrogen-bond acceptors (Lipinski definition) is 4. The number of esters is 1. The Bertz CT molecular complexity index is 651. The Balaban J connectivity index is 2.89. The summed E-state index contributed by atoms with van der Waals surface area (Å²) in [5.74, 6) is -0.883. The Morgan fingerprint density at radius 2 is 1.88 bits per heavy atom. The van der Waals surface area contributed by atoms with Crippen LogP contribution in [0, 0.1) is 11.3 Å². The summed E-state index contributed by atoms with van der Waals surface area (Å²) in [5.41, 5.74) is -0.100. The van der Waals surface area contributed by atoms with Gasteiger partial charge < -0.3 is 14.8 Å². The van der Waals surface area contributed by atoms with Crippen LogP contribution in [0.5, 0.6) is 5.75 Å². The van der Waals surface area contributed by atoms with E-state index in [1.165, 1.54) is 7.11 Å². The Morgan fingerprint density at radius 3 is 2.36 bits per heavy atom. The number of rotatable bonds is 8. The Kier molecular flexibility index (Phi) is 6.21. The lowest BCUT2D eigenvalue weighted by Gasteiger charge is -2.23. The number of hydrogen-bond donors (Lipinski definition) is 1. The minimum Gasteiger partial charge on any atom is -0.493 e. The van der Waals surface area contributed by atoms with Crippen LogP contribution in [0.3, 0.4) is 0 Å². The number of methoxy groups -OCH3 is 1. The van der Waals surface area contributed by atoms with Crippen LogP contribution in [-0.2, 0) is 14.3 Å². The van der Waals surface area contributed by atoms with E-state index in [0.717, 1.165) is 6.42 Å². The third-order valence-electron chi connectivity index (χ3n) is 3.70. The molecule has 1 aromatic rings. The highest BCUT2D eigenvalue weighted by atomic mass is 16.5. The van der Waals surface area contributed by atoms with Crippen molar-refractivity contribution in [1.82, 2.24) is 5.32 Å². The van der Waals surface area contributed by atoms with Gasteiger partial charge in [0.15, 0.2) is 6.04 Å². The van der Waals surface area contributed by atoms with Crippen LogP contribution in [0.15, 0.2) is 24.3 Å². The number of carbonyl (C=O) groups excluding carboxylic acids is 2. The number of ether oxygens (including phenoxy) is 2. The van der Waals surface area contributed by atoms with Crippen LogP contribution in [0.2, 0.25) is 0 Å². The number of carbonyl (C=O) groups is 2. The minimum atomic E-state index is -2.07. The monoisotopic (exact) mass is 352 g/mol. The first-order valence-corrected chi connectivity index (χ1v) is 8.51. The largest absolute Gasteiger partial charge is 0.493 e. The lowest BCUT2D eigenvalue weighted by Crippen LogP contribution is -2.40. The molecule has 5 nitrogen and oxygen atoms in total. The molecule has 0 spiro atoms. The van der Waals surface area contributed by atoms with Crippen molar-refractivity contribution in [2.75, 3.05) is 13.7 Å². The maximum atomic E-state index is 12.3. The molecule has 1 rings (SSSR count). The van der Waals surface area contributed by atoms with Crippen LogP contribution in [0.4, 0.5) is 0 Å². The molecule has 0 saturated heterocycles. The number of amides is 1. The molecule has 1 N–H and O–H groups in total. The van der Waals surface area contributed by atoms with Gasteiger partial charge in [-0.3, -0.25) is 4.79 Å². The average molecular weight is 352 g/mol. The summed E-state index contributed by atoms with van der Waals surface area (Å²) in [6.45, 7) is 5.22. The summed E-state index contributed by atoms with van der Waals surface area (Å²) in [5, 5.41) is 2.70. The standard InChI is InChI=1S/C20H31NO4/c1-7-8-14(2)13-25-16-11-9-15(10-12-16)17(18(22)24-6)21-19(23)20(3,4)5/h9-12,14,17H,7-8,13H2,1-6H3,(H,21,23)/t14-,17+/m0/s1/i2D3. The summed E-state index contributed by atoms with van der Waals surface area (Å²) in [7, 11) is 1.26. The zero-order valence-corrected chi connectivity index (χ0v) is 15.7. The zero-order chi connectivity index (χ0) is 21.5. The van der Waals surface area contributed by atoms with E-state index in [4.69, 9.17) is 13.6 Å². The maximum Gasteiger partial charge on any atom is 0.333 e. The van der Waals surface area contributed by atoms with Gasteiger partial charge in [0.2, 0.25) is 5.91 Å². The van der Waals surface area contributed by atoms with E-state index >= 15 is 0 Å². The highest BCUT2D eigenvalue weighted by molar-refractivity contribution is 5.88. The van der Waals surface area contributed by atoms with Crippen molar-refractivity contribution in [2.45, 2.75) is 53.4 Å². The first-order chi connectivity index (χ1) is 12.9. The van der Waals surface area contributed by atoms with Crippen molar-refractivity contribution >= 4 is 11.9 Å². The molecular formula is C20H31NO4. The molecule has 0 aliphatic carbocycles. The predicted molar refractivity (Wildman–Crippen MR) is 98.4 cm³/mol. The number of benzene rings is 1. The smallest absolute Gasteiger partial charge is 0.333 e. The van der Waals surface area contributed by atoms with Crippen LogP contribution in [0.25, 0.3) is 0 Å². The molecule has 0 aliphatic heterocycles. The molecular weight excluding hydrogens is 318 g/mol. The van der Waals surface area contributed by atoms with Crippen molar-refractivity contribution in [3.63, 3.8) is 0 Å². The van der Waals surface area contributed by atoms with E-state index < -0.39 is 30.2 Å². The normalized spacial score (nSPS) is 16.0.